The Morgan fingerprint density at radius 2 is 0.455 bits per heavy atom. The van der Waals surface area contributed by atoms with E-state index in [9.17, 15) is 0 Å². The predicted molar refractivity (Wildman–Crippen MR) is 191 cm³/mol. The second-order valence-corrected chi connectivity index (χ2v) is 11.6. The molecule has 202 valence electrons. The molecule has 9 aromatic carbocycles. The van der Waals surface area contributed by atoms with Crippen molar-refractivity contribution in [2.24, 2.45) is 0 Å². The standard InChI is InChI=1S/C44H28/c1-5-17-33-29(13-1)25-26-30-14-2-6-18-34(30)41(33)43-37-21-9-11-23-39(37)44(40-24-12-10-22-38(40)43)42-35-19-7-3-15-31(35)27-28-32-16-4-8-20-36(32)42/h1-28H/q+2. The van der Waals surface area contributed by atoms with E-state index >= 15 is 0 Å². The van der Waals surface area contributed by atoms with Gasteiger partial charge in [0, 0.05) is 21.5 Å². The lowest BCUT2D eigenvalue weighted by Crippen LogP contribution is -1.92. The lowest BCUT2D eigenvalue weighted by molar-refractivity contribution is 1.72. The second kappa shape index (κ2) is 9.93. The highest BCUT2D eigenvalue weighted by Gasteiger charge is 2.27. The van der Waals surface area contributed by atoms with Gasteiger partial charge in [-0.15, -0.1) is 0 Å². The average Bonchev–Trinajstić information content (AvgIpc) is 3.36. The van der Waals surface area contributed by atoms with Gasteiger partial charge in [0.1, 0.15) is 0 Å². The van der Waals surface area contributed by atoms with E-state index in [1.807, 2.05) is 0 Å². The van der Waals surface area contributed by atoms with E-state index in [1.54, 1.807) is 0 Å². The van der Waals surface area contributed by atoms with Crippen LogP contribution in [0.5, 0.6) is 0 Å². The molecule has 0 bridgehead atoms. The Bertz CT molecular complexity index is 2250. The Labute approximate surface area is 256 Å². The van der Waals surface area contributed by atoms with Gasteiger partial charge in [-0.25, -0.2) is 0 Å². The summed E-state index contributed by atoms with van der Waals surface area (Å²) < 4.78 is 0. The Kier molecular flexibility index (Phi) is 5.61. The van der Waals surface area contributed by atoms with Gasteiger partial charge in [-0.2, -0.15) is 0 Å². The lowest BCUT2D eigenvalue weighted by atomic mass is 9.83. The van der Waals surface area contributed by atoms with Crippen molar-refractivity contribution < 1.29 is 0 Å². The zero-order valence-corrected chi connectivity index (χ0v) is 24.2. The highest BCUT2D eigenvalue weighted by Crippen LogP contribution is 2.49. The van der Waals surface area contributed by atoms with Crippen LogP contribution in [0.2, 0.25) is 0 Å². The average molecular weight is 557 g/mol. The van der Waals surface area contributed by atoms with E-state index < -0.39 is 0 Å². The van der Waals surface area contributed by atoms with Gasteiger partial charge in [-0.05, 0) is 121 Å². The quantitative estimate of drug-likeness (QED) is 0.147. The topological polar surface area (TPSA) is 0 Å². The van der Waals surface area contributed by atoms with Crippen molar-refractivity contribution in [3.63, 3.8) is 0 Å². The molecule has 0 atom stereocenters. The van der Waals surface area contributed by atoms with Crippen molar-refractivity contribution >= 4 is 64.6 Å². The largest absolute Gasteiger partial charge is 0.0810 e. The molecule has 0 nitrogen and oxygen atoms in total. The van der Waals surface area contributed by atoms with Crippen LogP contribution in [0.4, 0.5) is 0 Å². The van der Waals surface area contributed by atoms with Crippen molar-refractivity contribution in [3.05, 3.63) is 170 Å². The predicted octanol–water partition coefficient (Wildman–Crippen LogP) is 12.5. The van der Waals surface area contributed by atoms with Gasteiger partial charge in [0.2, 0.25) is 0 Å². The fourth-order valence-electron chi connectivity index (χ4n) is 7.34. The van der Waals surface area contributed by atoms with Crippen molar-refractivity contribution in [1.82, 2.24) is 0 Å². The van der Waals surface area contributed by atoms with Crippen LogP contribution < -0.4 is 0 Å². The van der Waals surface area contributed by atoms with E-state index in [-0.39, 0.29) is 0 Å². The van der Waals surface area contributed by atoms with Crippen LogP contribution in [0.15, 0.2) is 170 Å². The third-order valence-electron chi connectivity index (χ3n) is 9.24. The Balaban J connectivity index is 1.57. The first-order chi connectivity index (χ1) is 21.9. The van der Waals surface area contributed by atoms with E-state index in [2.05, 4.69) is 170 Å². The highest BCUT2D eigenvalue weighted by molar-refractivity contribution is 6.29. The smallest absolute Gasteiger partial charge is 0.0550 e. The molecule has 0 amide bonds. The van der Waals surface area contributed by atoms with Crippen molar-refractivity contribution in [2.45, 2.75) is 0 Å². The Morgan fingerprint density at radius 1 is 0.227 bits per heavy atom. The lowest BCUT2D eigenvalue weighted by Gasteiger charge is -2.13. The molecule has 0 unspecified atom stereocenters. The molecule has 44 heavy (non-hydrogen) atoms. The summed E-state index contributed by atoms with van der Waals surface area (Å²) in [5, 5.41) is 15.1. The Morgan fingerprint density at radius 3 is 0.727 bits per heavy atom. The summed E-state index contributed by atoms with van der Waals surface area (Å²) in [6, 6.07) is 62.4. The van der Waals surface area contributed by atoms with Crippen LogP contribution in [0.1, 0.15) is 0 Å². The SMILES string of the molecule is c1ccc2c(c1)ccc1ccccc1[c+]2-c1c2ccccc2c(-[c+]2c3ccccc3ccc3ccccc32)c2ccccc12. The number of benzene rings is 7. The minimum Gasteiger partial charge on any atom is -0.0550 e. The molecule has 0 radical (unpaired) electrons. The first-order valence-corrected chi connectivity index (χ1v) is 15.3. The third kappa shape index (κ3) is 3.71. The third-order valence-corrected chi connectivity index (χ3v) is 9.24. The summed E-state index contributed by atoms with van der Waals surface area (Å²) in [5.74, 6) is 0. The maximum Gasteiger partial charge on any atom is 0.0810 e. The van der Waals surface area contributed by atoms with Gasteiger partial charge in [-0.3, -0.25) is 0 Å². The minimum absolute atomic E-state index is 1.24. The zero-order valence-electron chi connectivity index (χ0n) is 24.2. The maximum absolute atomic E-state index is 2.32. The molecule has 0 saturated carbocycles. The molecule has 9 rings (SSSR count). The van der Waals surface area contributed by atoms with Gasteiger partial charge >= 0.3 is 0 Å². The van der Waals surface area contributed by atoms with Crippen LogP contribution >= 0.6 is 0 Å². The number of hydrogen-bond donors (Lipinski definition) is 0. The number of fused-ring (bicyclic) bond motifs is 6. The molecule has 0 aliphatic rings. The normalized spacial score (nSPS) is 11.6. The molecular weight excluding hydrogens is 528 g/mol. The molecule has 0 saturated heterocycles. The van der Waals surface area contributed by atoms with Gasteiger partial charge in [0.25, 0.3) is 0 Å². The molecule has 0 heterocycles. The van der Waals surface area contributed by atoms with Crippen LogP contribution in [0.25, 0.3) is 86.9 Å². The zero-order chi connectivity index (χ0) is 29.0. The van der Waals surface area contributed by atoms with Gasteiger partial charge in [0.05, 0.1) is 65.3 Å². The van der Waals surface area contributed by atoms with Gasteiger partial charge in [0.15, 0.2) is 0 Å². The van der Waals surface area contributed by atoms with E-state index in [4.69, 9.17) is 0 Å². The van der Waals surface area contributed by atoms with E-state index in [1.165, 1.54) is 86.9 Å². The van der Waals surface area contributed by atoms with Crippen LogP contribution in [-0.4, -0.2) is 0 Å². The van der Waals surface area contributed by atoms with Gasteiger partial charge in [-0.1, -0.05) is 48.5 Å². The monoisotopic (exact) mass is 556 g/mol. The van der Waals surface area contributed by atoms with Crippen LogP contribution in [0.3, 0.4) is 0 Å². The first-order valence-electron chi connectivity index (χ1n) is 15.3. The molecule has 0 fully saturated rings. The minimum atomic E-state index is 1.24. The molecule has 0 aliphatic heterocycles. The maximum atomic E-state index is 2.32. The highest BCUT2D eigenvalue weighted by atomic mass is 14.2. The summed E-state index contributed by atoms with van der Waals surface area (Å²) in [6.07, 6.45) is 0. The molecule has 0 aliphatic carbocycles. The molecule has 9 aromatic rings. The molecule has 0 aromatic heterocycles. The molecule has 0 heteroatoms. The van der Waals surface area contributed by atoms with Crippen LogP contribution in [-0.2, 0) is 0 Å². The number of hydrogen-bond acceptors (Lipinski definition) is 0. The van der Waals surface area contributed by atoms with E-state index in [0.717, 1.165) is 0 Å². The Hall–Kier alpha value is -5.72. The fourth-order valence-corrected chi connectivity index (χ4v) is 7.34. The van der Waals surface area contributed by atoms with Gasteiger partial charge < -0.3 is 0 Å². The molecule has 0 N–H and O–H groups in total. The molecule has 0 spiro atoms. The second-order valence-electron chi connectivity index (χ2n) is 11.6. The number of rotatable bonds is 2. The first kappa shape index (κ1) is 24.8. The van der Waals surface area contributed by atoms with Crippen molar-refractivity contribution in [1.29, 1.82) is 0 Å². The summed E-state index contributed by atoms with van der Waals surface area (Å²) in [5.41, 5.74) is 5.15. The molecular formula is C44H28+2. The summed E-state index contributed by atoms with van der Waals surface area (Å²) in [6.45, 7) is 0. The summed E-state index contributed by atoms with van der Waals surface area (Å²) in [4.78, 5) is 0. The van der Waals surface area contributed by atoms with Crippen LogP contribution in [0, 0.1) is 0 Å². The van der Waals surface area contributed by atoms with Crippen molar-refractivity contribution in [3.8, 4) is 22.3 Å². The fraction of sp³-hybridized carbons (Fsp3) is 0. The van der Waals surface area contributed by atoms with Crippen molar-refractivity contribution in [2.75, 3.05) is 0 Å². The summed E-state index contributed by atoms with van der Waals surface area (Å²) in [7, 11) is 0. The van der Waals surface area contributed by atoms with E-state index in [0.29, 0.717) is 0 Å². The summed E-state index contributed by atoms with van der Waals surface area (Å²) >= 11 is 0.